The van der Waals surface area contributed by atoms with Crippen molar-refractivity contribution in [3.63, 3.8) is 0 Å². The largest absolute Gasteiger partial charge is 0.411 e. The Bertz CT molecular complexity index is 566. The molecule has 5 nitrogen and oxygen atoms in total. The van der Waals surface area contributed by atoms with E-state index in [1.165, 1.54) is 6.08 Å². The highest BCUT2D eigenvalue weighted by molar-refractivity contribution is 6.02. The molecule has 142 valence electrons. The summed E-state index contributed by atoms with van der Waals surface area (Å²) in [6.07, 6.45) is -3.04. The van der Waals surface area contributed by atoms with E-state index in [1.807, 2.05) is 6.92 Å². The van der Waals surface area contributed by atoms with Gasteiger partial charge in [-0.05, 0) is 32.8 Å². The number of aliphatic imine (C=N–C) groups is 1. The van der Waals surface area contributed by atoms with Crippen molar-refractivity contribution in [1.82, 2.24) is 5.32 Å². The summed E-state index contributed by atoms with van der Waals surface area (Å²) in [5.74, 6) is 0. The molecule has 1 aliphatic rings. The first-order valence-electron chi connectivity index (χ1n) is 8.12. The molecule has 0 bridgehead atoms. The van der Waals surface area contributed by atoms with Crippen molar-refractivity contribution in [2.75, 3.05) is 33.5 Å². The Labute approximate surface area is 146 Å². The Morgan fingerprint density at radius 3 is 2.52 bits per heavy atom. The number of hydrogen-bond acceptors (Lipinski definition) is 5. The number of ether oxygens (including phenoxy) is 2. The molecule has 25 heavy (non-hydrogen) atoms. The molecule has 0 aromatic heterocycles. The van der Waals surface area contributed by atoms with Crippen LogP contribution in [-0.4, -0.2) is 57.1 Å². The fraction of sp³-hybridized carbons (Fsp3) is 0.647. The first-order valence-corrected chi connectivity index (χ1v) is 8.12. The van der Waals surface area contributed by atoms with E-state index in [1.54, 1.807) is 20.9 Å². The van der Waals surface area contributed by atoms with Crippen molar-refractivity contribution in [3.8, 4) is 0 Å². The smallest absolute Gasteiger partial charge is 0.391 e. The van der Waals surface area contributed by atoms with Gasteiger partial charge >= 0.3 is 6.18 Å². The van der Waals surface area contributed by atoms with Gasteiger partial charge in [-0.2, -0.15) is 13.2 Å². The van der Waals surface area contributed by atoms with Crippen molar-refractivity contribution in [2.45, 2.75) is 39.4 Å². The van der Waals surface area contributed by atoms with Gasteiger partial charge in [0.05, 0.1) is 25.5 Å². The van der Waals surface area contributed by atoms with Gasteiger partial charge in [0.15, 0.2) is 0 Å². The Hall–Kier alpha value is -1.67. The van der Waals surface area contributed by atoms with E-state index in [4.69, 9.17) is 14.9 Å². The lowest BCUT2D eigenvalue weighted by Crippen LogP contribution is -2.32. The van der Waals surface area contributed by atoms with E-state index < -0.39 is 12.2 Å². The monoisotopic (exact) mass is 361 g/mol. The summed E-state index contributed by atoms with van der Waals surface area (Å²) in [5.41, 5.74) is 2.81. The molecule has 8 heteroatoms. The number of allylic oxidation sites excluding steroid dienone is 1. The Balaban J connectivity index is 2.78. The standard InChI is InChI=1S/C17H26F3N3O2/c1-5-24-10-15-13(6-7-16(23-15)17(18,19)20)8-25-9-14(11(2)21)12(3)22-4/h6,16,21-22H,5,7-10H2,1-4H3/b14-12-,21-11?. The number of hydrogen-bond donors (Lipinski definition) is 2. The highest BCUT2D eigenvalue weighted by atomic mass is 19.4. The second-order valence-corrected chi connectivity index (χ2v) is 5.71. The molecule has 0 spiro atoms. The molecule has 0 aromatic carbocycles. The van der Waals surface area contributed by atoms with Gasteiger partial charge in [0.2, 0.25) is 0 Å². The molecule has 1 rings (SSSR count). The fourth-order valence-electron chi connectivity index (χ4n) is 2.28. The van der Waals surface area contributed by atoms with Crippen LogP contribution in [0.1, 0.15) is 27.2 Å². The number of rotatable bonds is 9. The normalized spacial score (nSPS) is 19.1. The van der Waals surface area contributed by atoms with Crippen LogP contribution in [0.3, 0.4) is 0 Å². The predicted molar refractivity (Wildman–Crippen MR) is 92.5 cm³/mol. The molecular formula is C17H26F3N3O2. The third-order valence-electron chi connectivity index (χ3n) is 3.87. The molecule has 0 fully saturated rings. The maximum Gasteiger partial charge on any atom is 0.411 e. The average molecular weight is 361 g/mol. The third kappa shape index (κ3) is 6.62. The van der Waals surface area contributed by atoms with Crippen LogP contribution in [0, 0.1) is 5.41 Å². The molecule has 0 radical (unpaired) electrons. The molecule has 1 heterocycles. The van der Waals surface area contributed by atoms with Crippen LogP contribution in [0.25, 0.3) is 0 Å². The Morgan fingerprint density at radius 1 is 1.32 bits per heavy atom. The first kappa shape index (κ1) is 21.4. The molecule has 1 unspecified atom stereocenters. The third-order valence-corrected chi connectivity index (χ3v) is 3.87. The van der Waals surface area contributed by atoms with E-state index in [-0.39, 0.29) is 32.0 Å². The van der Waals surface area contributed by atoms with E-state index in [0.717, 1.165) is 11.3 Å². The molecular weight excluding hydrogens is 335 g/mol. The van der Waals surface area contributed by atoms with Gasteiger partial charge in [0.25, 0.3) is 0 Å². The maximum absolute atomic E-state index is 12.9. The van der Waals surface area contributed by atoms with Crippen molar-refractivity contribution in [2.24, 2.45) is 4.99 Å². The van der Waals surface area contributed by atoms with Gasteiger partial charge in [-0.25, -0.2) is 0 Å². The topological polar surface area (TPSA) is 66.7 Å². The minimum Gasteiger partial charge on any atom is -0.391 e. The number of halogens is 3. The van der Waals surface area contributed by atoms with E-state index in [9.17, 15) is 13.2 Å². The van der Waals surface area contributed by atoms with Crippen LogP contribution in [0.5, 0.6) is 0 Å². The van der Waals surface area contributed by atoms with E-state index in [2.05, 4.69) is 10.3 Å². The zero-order valence-corrected chi connectivity index (χ0v) is 15.1. The van der Waals surface area contributed by atoms with E-state index >= 15 is 0 Å². The van der Waals surface area contributed by atoms with Crippen molar-refractivity contribution >= 4 is 11.4 Å². The Morgan fingerprint density at radius 2 is 2.00 bits per heavy atom. The van der Waals surface area contributed by atoms with Crippen LogP contribution in [0.2, 0.25) is 0 Å². The second-order valence-electron chi connectivity index (χ2n) is 5.71. The number of nitrogens with zero attached hydrogens (tertiary/aromatic N) is 1. The lowest BCUT2D eigenvalue weighted by atomic mass is 10.0. The quantitative estimate of drug-likeness (QED) is 0.620. The van der Waals surface area contributed by atoms with Gasteiger partial charge in [0.1, 0.15) is 6.04 Å². The molecule has 0 saturated heterocycles. The van der Waals surface area contributed by atoms with Crippen molar-refractivity contribution in [1.29, 1.82) is 5.41 Å². The SMILES string of the molecule is CCOCC1=NC(C(F)(F)F)CC=C1COC/C(C(C)=N)=C(\C)NC. The number of nitrogens with one attached hydrogen (secondary N) is 2. The first-order chi connectivity index (χ1) is 11.7. The fourth-order valence-corrected chi connectivity index (χ4v) is 2.28. The molecule has 1 aliphatic heterocycles. The summed E-state index contributed by atoms with van der Waals surface area (Å²) in [6, 6.07) is -1.72. The minimum absolute atomic E-state index is 0.0279. The minimum atomic E-state index is -4.36. The van der Waals surface area contributed by atoms with Crippen LogP contribution in [0.4, 0.5) is 13.2 Å². The molecule has 0 amide bonds. The van der Waals surface area contributed by atoms with Gasteiger partial charge in [-0.3, -0.25) is 4.99 Å². The predicted octanol–water partition coefficient (Wildman–Crippen LogP) is 3.27. The summed E-state index contributed by atoms with van der Waals surface area (Å²) < 4.78 is 49.5. The lowest BCUT2D eigenvalue weighted by molar-refractivity contribution is -0.146. The molecule has 0 saturated carbocycles. The number of dihydropyridines is 1. The summed E-state index contributed by atoms with van der Waals surface area (Å²) in [7, 11) is 1.76. The van der Waals surface area contributed by atoms with Gasteiger partial charge in [0, 0.05) is 30.6 Å². The van der Waals surface area contributed by atoms with Gasteiger partial charge < -0.3 is 20.2 Å². The molecule has 1 atom stereocenters. The number of alkyl halides is 3. The van der Waals surface area contributed by atoms with Crippen LogP contribution in [-0.2, 0) is 9.47 Å². The van der Waals surface area contributed by atoms with Gasteiger partial charge in [-0.15, -0.1) is 0 Å². The highest BCUT2D eigenvalue weighted by Crippen LogP contribution is 2.29. The lowest BCUT2D eigenvalue weighted by Gasteiger charge is -2.23. The van der Waals surface area contributed by atoms with Crippen molar-refractivity contribution < 1.29 is 22.6 Å². The maximum atomic E-state index is 12.9. The summed E-state index contributed by atoms with van der Waals surface area (Å²) in [4.78, 5) is 3.81. The van der Waals surface area contributed by atoms with Crippen LogP contribution >= 0.6 is 0 Å². The van der Waals surface area contributed by atoms with Crippen LogP contribution in [0.15, 0.2) is 27.9 Å². The van der Waals surface area contributed by atoms with Gasteiger partial charge in [-0.1, -0.05) is 6.08 Å². The average Bonchev–Trinajstić information content (AvgIpc) is 2.55. The Kier molecular flexibility index (Phi) is 8.31. The van der Waals surface area contributed by atoms with Crippen LogP contribution < -0.4 is 5.32 Å². The summed E-state index contributed by atoms with van der Waals surface area (Å²) in [5, 5.41) is 10.7. The molecule has 0 aliphatic carbocycles. The molecule has 0 aromatic rings. The van der Waals surface area contributed by atoms with Crippen molar-refractivity contribution in [3.05, 3.63) is 22.9 Å². The second kappa shape index (κ2) is 9.72. The summed E-state index contributed by atoms with van der Waals surface area (Å²) in [6.45, 7) is 6.02. The zero-order valence-electron chi connectivity index (χ0n) is 15.1. The highest BCUT2D eigenvalue weighted by Gasteiger charge is 2.40. The zero-order chi connectivity index (χ0) is 19.0. The summed E-state index contributed by atoms with van der Waals surface area (Å²) >= 11 is 0. The molecule has 2 N–H and O–H groups in total. The van der Waals surface area contributed by atoms with E-state index in [0.29, 0.717) is 17.9 Å².